The van der Waals surface area contributed by atoms with Crippen LogP contribution < -0.4 is 5.46 Å². The van der Waals surface area contributed by atoms with Crippen molar-refractivity contribution in [3.63, 3.8) is 0 Å². The fourth-order valence-electron chi connectivity index (χ4n) is 2.62. The molecule has 0 saturated carbocycles. The molecule has 0 radical (unpaired) electrons. The number of hydrogen-bond donors (Lipinski definition) is 1. The van der Waals surface area contributed by atoms with E-state index in [4.69, 9.17) is 4.65 Å². The van der Waals surface area contributed by atoms with E-state index in [1.54, 1.807) is 0 Å². The summed E-state index contributed by atoms with van der Waals surface area (Å²) in [6, 6.07) is 15.8. The Balaban J connectivity index is 1.59. The van der Waals surface area contributed by atoms with Gasteiger partial charge in [0.05, 0.1) is 6.61 Å². The molecule has 0 aromatic heterocycles. The van der Waals surface area contributed by atoms with E-state index in [0.717, 1.165) is 23.0 Å². The Bertz CT molecular complexity index is 640. The van der Waals surface area contributed by atoms with Crippen LogP contribution >= 0.6 is 0 Å². The third-order valence-electron chi connectivity index (χ3n) is 3.81. The minimum absolute atomic E-state index is 0.215. The molecule has 21 heavy (non-hydrogen) atoms. The lowest BCUT2D eigenvalue weighted by Gasteiger charge is -2.05. The van der Waals surface area contributed by atoms with Gasteiger partial charge in [-0.3, -0.25) is 4.79 Å². The van der Waals surface area contributed by atoms with Gasteiger partial charge in [-0.05, 0) is 28.6 Å². The van der Waals surface area contributed by atoms with E-state index in [9.17, 15) is 9.82 Å². The molecule has 0 bridgehead atoms. The molecule has 0 fully saturated rings. The van der Waals surface area contributed by atoms with Crippen molar-refractivity contribution in [2.75, 3.05) is 0 Å². The SMILES string of the molecule is O=C(CCc1ccccc1)Cc1ccc2c(c1)B(O)OC2. The molecule has 0 spiro atoms. The molecule has 1 N–H and O–H groups in total. The van der Waals surface area contributed by atoms with E-state index in [2.05, 4.69) is 0 Å². The maximum atomic E-state index is 12.1. The third kappa shape index (κ3) is 3.41. The summed E-state index contributed by atoms with van der Waals surface area (Å²) >= 11 is 0. The summed E-state index contributed by atoms with van der Waals surface area (Å²) in [5.41, 5.74) is 3.92. The van der Waals surface area contributed by atoms with Crippen LogP contribution in [-0.4, -0.2) is 17.9 Å². The van der Waals surface area contributed by atoms with Crippen LogP contribution in [0, 0.1) is 0 Å². The highest BCUT2D eigenvalue weighted by molar-refractivity contribution is 6.61. The van der Waals surface area contributed by atoms with Gasteiger partial charge in [-0.15, -0.1) is 0 Å². The average Bonchev–Trinajstić information content (AvgIpc) is 2.87. The van der Waals surface area contributed by atoms with E-state index >= 15 is 0 Å². The average molecular weight is 280 g/mol. The van der Waals surface area contributed by atoms with Gasteiger partial charge in [-0.1, -0.05) is 48.5 Å². The van der Waals surface area contributed by atoms with Gasteiger partial charge in [0.25, 0.3) is 0 Å². The number of rotatable bonds is 5. The number of fused-ring (bicyclic) bond motifs is 1. The summed E-state index contributed by atoms with van der Waals surface area (Å²) in [6.45, 7) is 0.443. The fraction of sp³-hybridized carbons (Fsp3) is 0.235. The minimum Gasteiger partial charge on any atom is -0.423 e. The van der Waals surface area contributed by atoms with Gasteiger partial charge in [-0.25, -0.2) is 0 Å². The van der Waals surface area contributed by atoms with Crippen molar-refractivity contribution in [2.24, 2.45) is 0 Å². The first kappa shape index (κ1) is 14.0. The molecule has 0 atom stereocenters. The first-order chi connectivity index (χ1) is 10.2. The topological polar surface area (TPSA) is 46.5 Å². The molecule has 0 saturated heterocycles. The van der Waals surface area contributed by atoms with Crippen molar-refractivity contribution in [3.05, 3.63) is 65.2 Å². The number of hydrogen-bond acceptors (Lipinski definition) is 3. The maximum absolute atomic E-state index is 12.1. The first-order valence-electron chi connectivity index (χ1n) is 7.19. The van der Waals surface area contributed by atoms with Crippen LogP contribution in [-0.2, 0) is 28.9 Å². The summed E-state index contributed by atoms with van der Waals surface area (Å²) in [4.78, 5) is 12.1. The number of carbonyl (C=O) groups is 1. The van der Waals surface area contributed by atoms with E-state index in [1.807, 2.05) is 48.5 Å². The molecular weight excluding hydrogens is 263 g/mol. The van der Waals surface area contributed by atoms with E-state index in [-0.39, 0.29) is 5.78 Å². The van der Waals surface area contributed by atoms with Gasteiger partial charge < -0.3 is 9.68 Å². The Labute approximate surface area is 124 Å². The second-order valence-electron chi connectivity index (χ2n) is 5.40. The number of aryl methyl sites for hydroxylation is 1. The summed E-state index contributed by atoms with van der Waals surface area (Å²) in [5, 5.41) is 9.68. The highest BCUT2D eigenvalue weighted by Gasteiger charge is 2.27. The van der Waals surface area contributed by atoms with E-state index < -0.39 is 7.12 Å². The fourth-order valence-corrected chi connectivity index (χ4v) is 2.62. The molecule has 2 aromatic rings. The normalized spacial score (nSPS) is 13.3. The molecule has 4 heteroatoms. The Kier molecular flexibility index (Phi) is 4.18. The third-order valence-corrected chi connectivity index (χ3v) is 3.81. The molecule has 1 aliphatic rings. The van der Waals surface area contributed by atoms with Gasteiger partial charge in [0.2, 0.25) is 0 Å². The van der Waals surface area contributed by atoms with Gasteiger partial charge in [-0.2, -0.15) is 0 Å². The lowest BCUT2D eigenvalue weighted by molar-refractivity contribution is -0.118. The van der Waals surface area contributed by atoms with Gasteiger partial charge in [0, 0.05) is 12.8 Å². The Morgan fingerprint density at radius 2 is 1.95 bits per heavy atom. The van der Waals surface area contributed by atoms with Crippen LogP contribution in [0.15, 0.2) is 48.5 Å². The molecule has 1 heterocycles. The Hall–Kier alpha value is -1.91. The van der Waals surface area contributed by atoms with E-state index in [0.29, 0.717) is 19.4 Å². The second-order valence-corrected chi connectivity index (χ2v) is 5.40. The second kappa shape index (κ2) is 6.25. The van der Waals surface area contributed by atoms with Crippen LogP contribution in [0.4, 0.5) is 0 Å². The van der Waals surface area contributed by atoms with Crippen molar-refractivity contribution in [1.82, 2.24) is 0 Å². The molecule has 3 nitrogen and oxygen atoms in total. The van der Waals surface area contributed by atoms with Crippen molar-refractivity contribution in [1.29, 1.82) is 0 Å². The van der Waals surface area contributed by atoms with Crippen LogP contribution in [0.25, 0.3) is 0 Å². The van der Waals surface area contributed by atoms with Gasteiger partial charge >= 0.3 is 7.12 Å². The lowest BCUT2D eigenvalue weighted by Crippen LogP contribution is -2.28. The predicted molar refractivity (Wildman–Crippen MR) is 82.3 cm³/mol. The summed E-state index contributed by atoms with van der Waals surface area (Å²) in [6.07, 6.45) is 1.73. The van der Waals surface area contributed by atoms with Gasteiger partial charge in [0.15, 0.2) is 0 Å². The molecular formula is C17H17BO3. The molecule has 0 unspecified atom stereocenters. The van der Waals surface area contributed by atoms with Crippen molar-refractivity contribution < 1.29 is 14.5 Å². The monoisotopic (exact) mass is 280 g/mol. The standard InChI is InChI=1S/C17H17BO3/c19-16(9-7-13-4-2-1-3-5-13)10-14-6-8-15-12-21-18(20)17(15)11-14/h1-6,8,11,20H,7,9-10,12H2. The zero-order valence-corrected chi connectivity index (χ0v) is 11.8. The van der Waals surface area contributed by atoms with Crippen molar-refractivity contribution in [3.8, 4) is 0 Å². The summed E-state index contributed by atoms with van der Waals surface area (Å²) in [7, 11) is -0.848. The van der Waals surface area contributed by atoms with Crippen LogP contribution in [0.2, 0.25) is 0 Å². The Morgan fingerprint density at radius 3 is 2.76 bits per heavy atom. The highest BCUT2D eigenvalue weighted by atomic mass is 16.5. The largest absolute Gasteiger partial charge is 0.491 e. The number of ketones is 1. The number of carbonyl (C=O) groups excluding carboxylic acids is 1. The van der Waals surface area contributed by atoms with Gasteiger partial charge in [0.1, 0.15) is 5.78 Å². The quantitative estimate of drug-likeness (QED) is 0.847. The summed E-state index contributed by atoms with van der Waals surface area (Å²) < 4.78 is 5.16. The van der Waals surface area contributed by atoms with Crippen LogP contribution in [0.3, 0.4) is 0 Å². The molecule has 1 aliphatic heterocycles. The smallest absolute Gasteiger partial charge is 0.423 e. The summed E-state index contributed by atoms with van der Waals surface area (Å²) in [5.74, 6) is 0.215. The minimum atomic E-state index is -0.848. The van der Waals surface area contributed by atoms with Crippen LogP contribution in [0.5, 0.6) is 0 Å². The predicted octanol–water partition coefficient (Wildman–Crippen LogP) is 1.65. The van der Waals surface area contributed by atoms with Crippen LogP contribution in [0.1, 0.15) is 23.1 Å². The first-order valence-corrected chi connectivity index (χ1v) is 7.19. The maximum Gasteiger partial charge on any atom is 0.491 e. The highest BCUT2D eigenvalue weighted by Crippen LogP contribution is 2.13. The number of Topliss-reactive ketones (excluding diaryl/α,β-unsaturated/α-hetero) is 1. The molecule has 2 aromatic carbocycles. The zero-order chi connectivity index (χ0) is 14.7. The van der Waals surface area contributed by atoms with E-state index in [1.165, 1.54) is 5.56 Å². The molecule has 106 valence electrons. The lowest BCUT2D eigenvalue weighted by atomic mass is 9.78. The Morgan fingerprint density at radius 1 is 1.14 bits per heavy atom. The molecule has 3 rings (SSSR count). The number of benzene rings is 2. The molecule has 0 amide bonds. The zero-order valence-electron chi connectivity index (χ0n) is 11.8. The molecule has 0 aliphatic carbocycles. The van der Waals surface area contributed by atoms with Crippen molar-refractivity contribution >= 4 is 18.4 Å². The van der Waals surface area contributed by atoms with Crippen molar-refractivity contribution in [2.45, 2.75) is 25.9 Å².